The first-order chi connectivity index (χ1) is 13.3. The van der Waals surface area contributed by atoms with Crippen LogP contribution in [0.3, 0.4) is 0 Å². The minimum absolute atomic E-state index is 0.101. The van der Waals surface area contributed by atoms with E-state index in [4.69, 9.17) is 14.2 Å². The summed E-state index contributed by atoms with van der Waals surface area (Å²) in [6.07, 6.45) is 4.39. The summed E-state index contributed by atoms with van der Waals surface area (Å²) < 4.78 is 17.8. The standard InChI is InChI=1S/C24H36O5/c1-15(20(25)26)18-16(22(4)13-9-12-21(2,3)14-22)10-11-17-19(18)24(6,28-8)29-23(17,5)27-7/h10-11,15H,9,12-14H2,1-8H3,(H,25,26)/t15-,22+,23+,24+/m1/s1. The maximum absolute atomic E-state index is 12.2. The van der Waals surface area contributed by atoms with Crippen molar-refractivity contribution in [2.75, 3.05) is 14.2 Å². The van der Waals surface area contributed by atoms with Gasteiger partial charge in [-0.15, -0.1) is 0 Å². The molecule has 1 aromatic rings. The number of hydrogen-bond acceptors (Lipinski definition) is 4. The van der Waals surface area contributed by atoms with Crippen LogP contribution in [0, 0.1) is 5.41 Å². The van der Waals surface area contributed by atoms with Gasteiger partial charge in [0.05, 0.1) is 5.92 Å². The Hall–Kier alpha value is -1.43. The summed E-state index contributed by atoms with van der Waals surface area (Å²) in [5, 5.41) is 9.99. The lowest BCUT2D eigenvalue weighted by atomic mass is 9.60. The number of carboxylic acid groups (broad SMARTS) is 1. The van der Waals surface area contributed by atoms with Gasteiger partial charge in [0, 0.05) is 25.3 Å². The Morgan fingerprint density at radius 1 is 1.03 bits per heavy atom. The molecule has 1 aromatic carbocycles. The number of fused-ring (bicyclic) bond motifs is 1. The molecular formula is C24H36O5. The minimum atomic E-state index is -1.07. The molecule has 29 heavy (non-hydrogen) atoms. The Morgan fingerprint density at radius 2 is 1.62 bits per heavy atom. The zero-order chi connectivity index (χ0) is 21.8. The molecule has 0 amide bonds. The Bertz CT molecular complexity index is 816. The van der Waals surface area contributed by atoms with Gasteiger partial charge in [0.2, 0.25) is 0 Å². The molecule has 0 bridgehead atoms. The molecule has 1 saturated carbocycles. The van der Waals surface area contributed by atoms with E-state index in [1.807, 2.05) is 19.9 Å². The molecule has 1 N–H and O–H groups in total. The second-order valence-electron chi connectivity index (χ2n) is 10.2. The van der Waals surface area contributed by atoms with Crippen LogP contribution in [0.25, 0.3) is 0 Å². The highest BCUT2D eigenvalue weighted by molar-refractivity contribution is 5.78. The Labute approximate surface area is 174 Å². The summed E-state index contributed by atoms with van der Waals surface area (Å²) in [4.78, 5) is 12.2. The molecule has 162 valence electrons. The van der Waals surface area contributed by atoms with E-state index in [0.29, 0.717) is 0 Å². The highest BCUT2D eigenvalue weighted by Crippen LogP contribution is 2.55. The maximum atomic E-state index is 12.2. The molecule has 5 nitrogen and oxygen atoms in total. The Morgan fingerprint density at radius 3 is 2.14 bits per heavy atom. The lowest BCUT2D eigenvalue weighted by Gasteiger charge is -2.45. The number of hydrogen-bond donors (Lipinski definition) is 1. The SMILES string of the molecule is CO[C@@]1(C)O[C@](C)(OC)c2c1ccc([C@@]1(C)CCCC(C)(C)C1)c2[C@@H](C)C(=O)O. The molecule has 0 radical (unpaired) electrons. The summed E-state index contributed by atoms with van der Waals surface area (Å²) in [5.74, 6) is -3.59. The van der Waals surface area contributed by atoms with Gasteiger partial charge in [0.15, 0.2) is 11.6 Å². The third-order valence-electron chi connectivity index (χ3n) is 7.26. The molecule has 2 aliphatic rings. The van der Waals surface area contributed by atoms with Crippen LogP contribution in [0.1, 0.15) is 95.4 Å². The Balaban J connectivity index is 2.33. The lowest BCUT2D eigenvalue weighted by molar-refractivity contribution is -0.329. The van der Waals surface area contributed by atoms with Gasteiger partial charge >= 0.3 is 5.97 Å². The fraction of sp³-hybridized carbons (Fsp3) is 0.708. The zero-order valence-electron chi connectivity index (χ0n) is 19.1. The predicted octanol–water partition coefficient (Wildman–Crippen LogP) is 5.40. The highest BCUT2D eigenvalue weighted by atomic mass is 16.8. The van der Waals surface area contributed by atoms with Crippen LogP contribution < -0.4 is 0 Å². The second kappa shape index (κ2) is 7.07. The van der Waals surface area contributed by atoms with E-state index >= 15 is 0 Å². The molecule has 1 aliphatic carbocycles. The quantitative estimate of drug-likeness (QED) is 0.712. The van der Waals surface area contributed by atoms with Crippen molar-refractivity contribution in [3.05, 3.63) is 34.4 Å². The van der Waals surface area contributed by atoms with Crippen molar-refractivity contribution in [3.63, 3.8) is 0 Å². The number of aliphatic carboxylic acids is 1. The van der Waals surface area contributed by atoms with Crippen molar-refractivity contribution in [2.45, 2.75) is 90.1 Å². The fourth-order valence-electron chi connectivity index (χ4n) is 5.78. The van der Waals surface area contributed by atoms with Crippen molar-refractivity contribution in [1.82, 2.24) is 0 Å². The molecule has 1 fully saturated rings. The van der Waals surface area contributed by atoms with Crippen molar-refractivity contribution in [2.24, 2.45) is 5.41 Å². The molecule has 3 rings (SSSR count). The molecular weight excluding hydrogens is 368 g/mol. The number of ether oxygens (including phenoxy) is 3. The normalized spacial score (nSPS) is 34.6. The molecule has 0 spiro atoms. The van der Waals surface area contributed by atoms with Crippen LogP contribution >= 0.6 is 0 Å². The largest absolute Gasteiger partial charge is 0.481 e. The lowest BCUT2D eigenvalue weighted by Crippen LogP contribution is -2.37. The number of rotatable bonds is 5. The number of methoxy groups -OCH3 is 2. The van der Waals surface area contributed by atoms with Crippen LogP contribution in [0.2, 0.25) is 0 Å². The topological polar surface area (TPSA) is 65.0 Å². The molecule has 1 aliphatic heterocycles. The smallest absolute Gasteiger partial charge is 0.310 e. The van der Waals surface area contributed by atoms with Crippen LogP contribution in [0.5, 0.6) is 0 Å². The molecule has 0 aromatic heterocycles. The molecule has 0 unspecified atom stereocenters. The average molecular weight is 405 g/mol. The van der Waals surface area contributed by atoms with Crippen molar-refractivity contribution >= 4 is 5.97 Å². The average Bonchev–Trinajstić information content (AvgIpc) is 2.88. The van der Waals surface area contributed by atoms with Gasteiger partial charge in [0.25, 0.3) is 0 Å². The number of carbonyl (C=O) groups is 1. The van der Waals surface area contributed by atoms with Gasteiger partial charge in [-0.25, -0.2) is 0 Å². The van der Waals surface area contributed by atoms with Crippen molar-refractivity contribution in [1.29, 1.82) is 0 Å². The molecule has 4 atom stereocenters. The van der Waals surface area contributed by atoms with Crippen LogP contribution in [0.15, 0.2) is 12.1 Å². The molecule has 1 heterocycles. The second-order valence-corrected chi connectivity index (χ2v) is 10.2. The minimum Gasteiger partial charge on any atom is -0.481 e. The highest BCUT2D eigenvalue weighted by Gasteiger charge is 2.53. The van der Waals surface area contributed by atoms with E-state index in [1.54, 1.807) is 21.1 Å². The van der Waals surface area contributed by atoms with Gasteiger partial charge in [-0.2, -0.15) is 0 Å². The first-order valence-corrected chi connectivity index (χ1v) is 10.5. The summed E-state index contributed by atoms with van der Waals surface area (Å²) in [7, 11) is 3.20. The van der Waals surface area contributed by atoms with E-state index in [-0.39, 0.29) is 10.8 Å². The van der Waals surface area contributed by atoms with Gasteiger partial charge in [-0.3, -0.25) is 4.79 Å². The summed E-state index contributed by atoms with van der Waals surface area (Å²) in [6.45, 7) is 12.4. The van der Waals surface area contributed by atoms with Crippen molar-refractivity contribution < 1.29 is 24.1 Å². The fourth-order valence-corrected chi connectivity index (χ4v) is 5.78. The maximum Gasteiger partial charge on any atom is 0.310 e. The first-order valence-electron chi connectivity index (χ1n) is 10.5. The summed E-state index contributed by atoms with van der Waals surface area (Å²) in [5.41, 5.74) is 3.69. The van der Waals surface area contributed by atoms with Gasteiger partial charge in [-0.05, 0) is 62.0 Å². The monoisotopic (exact) mass is 404 g/mol. The van der Waals surface area contributed by atoms with Crippen molar-refractivity contribution in [3.8, 4) is 0 Å². The first kappa shape index (κ1) is 22.3. The van der Waals surface area contributed by atoms with Crippen LogP contribution in [-0.4, -0.2) is 25.3 Å². The van der Waals surface area contributed by atoms with Crippen LogP contribution in [-0.2, 0) is 36.0 Å². The van der Waals surface area contributed by atoms with E-state index in [2.05, 4.69) is 26.8 Å². The molecule has 0 saturated heterocycles. The predicted molar refractivity (Wildman–Crippen MR) is 112 cm³/mol. The summed E-state index contributed by atoms with van der Waals surface area (Å²) >= 11 is 0. The number of benzene rings is 1. The van der Waals surface area contributed by atoms with Gasteiger partial charge < -0.3 is 19.3 Å². The van der Waals surface area contributed by atoms with Gasteiger partial charge in [-0.1, -0.05) is 39.3 Å². The van der Waals surface area contributed by atoms with Crippen LogP contribution in [0.4, 0.5) is 0 Å². The van der Waals surface area contributed by atoms with E-state index in [0.717, 1.165) is 41.5 Å². The van der Waals surface area contributed by atoms with E-state index in [1.165, 1.54) is 6.42 Å². The Kier molecular flexibility index (Phi) is 5.43. The third kappa shape index (κ3) is 3.51. The summed E-state index contributed by atoms with van der Waals surface area (Å²) in [6, 6.07) is 4.15. The van der Waals surface area contributed by atoms with Gasteiger partial charge in [0.1, 0.15) is 0 Å². The third-order valence-corrected chi connectivity index (χ3v) is 7.26. The van der Waals surface area contributed by atoms with E-state index in [9.17, 15) is 9.90 Å². The molecule has 5 heteroatoms. The number of carboxylic acids is 1. The van der Waals surface area contributed by atoms with E-state index < -0.39 is 23.5 Å². The zero-order valence-corrected chi connectivity index (χ0v) is 19.1.